The monoisotopic (exact) mass is 341 g/mol. The third kappa shape index (κ3) is 4.35. The molecule has 0 saturated heterocycles. The summed E-state index contributed by atoms with van der Waals surface area (Å²) in [5, 5.41) is 3.31. The number of hydrogen-bond acceptors (Lipinski definition) is 3. The maximum absolute atomic E-state index is 13.1. The SMILES string of the molecule is CC(C)NCc1coc(COc2cc(F)ccc2Br)c1. The van der Waals surface area contributed by atoms with Crippen LogP contribution in [0.25, 0.3) is 0 Å². The Balaban J connectivity index is 1.92. The standard InChI is InChI=1S/C15H17BrFNO2/c1-10(2)18-7-11-5-13(19-8-11)9-20-15-6-12(17)3-4-14(15)16/h3-6,8,10,18H,7,9H2,1-2H3. The predicted molar refractivity (Wildman–Crippen MR) is 79.1 cm³/mol. The summed E-state index contributed by atoms with van der Waals surface area (Å²) in [5.74, 6) is 0.842. The van der Waals surface area contributed by atoms with Crippen LogP contribution in [-0.4, -0.2) is 6.04 Å². The number of rotatable bonds is 6. The van der Waals surface area contributed by atoms with Crippen LogP contribution in [0.15, 0.2) is 39.4 Å². The van der Waals surface area contributed by atoms with E-state index in [-0.39, 0.29) is 12.4 Å². The van der Waals surface area contributed by atoms with Gasteiger partial charge in [0.05, 0.1) is 10.7 Å². The molecular formula is C15H17BrFNO2. The molecule has 0 aliphatic heterocycles. The molecule has 1 aromatic carbocycles. The number of benzene rings is 1. The Morgan fingerprint density at radius 1 is 1.35 bits per heavy atom. The number of halogens is 2. The molecule has 0 fully saturated rings. The maximum atomic E-state index is 13.1. The summed E-state index contributed by atoms with van der Waals surface area (Å²) in [7, 11) is 0. The molecule has 0 aliphatic carbocycles. The normalized spacial score (nSPS) is 11.1. The molecule has 20 heavy (non-hydrogen) atoms. The molecule has 1 N–H and O–H groups in total. The van der Waals surface area contributed by atoms with Gasteiger partial charge in [0.1, 0.15) is 23.9 Å². The lowest BCUT2D eigenvalue weighted by Gasteiger charge is -2.06. The summed E-state index contributed by atoms with van der Waals surface area (Å²) in [6.07, 6.45) is 1.70. The van der Waals surface area contributed by atoms with Gasteiger partial charge in [0.25, 0.3) is 0 Å². The average molecular weight is 342 g/mol. The Hall–Kier alpha value is -1.33. The quantitative estimate of drug-likeness (QED) is 0.852. The first-order valence-electron chi connectivity index (χ1n) is 6.42. The molecule has 0 spiro atoms. The van der Waals surface area contributed by atoms with Gasteiger partial charge < -0.3 is 14.5 Å². The van der Waals surface area contributed by atoms with Crippen molar-refractivity contribution in [2.75, 3.05) is 0 Å². The van der Waals surface area contributed by atoms with Crippen LogP contribution in [0, 0.1) is 5.82 Å². The second-order valence-electron chi connectivity index (χ2n) is 4.82. The summed E-state index contributed by atoms with van der Waals surface area (Å²) in [4.78, 5) is 0. The van der Waals surface area contributed by atoms with Gasteiger partial charge in [-0.15, -0.1) is 0 Å². The second-order valence-corrected chi connectivity index (χ2v) is 5.67. The minimum absolute atomic E-state index is 0.268. The lowest BCUT2D eigenvalue weighted by Crippen LogP contribution is -2.21. The van der Waals surface area contributed by atoms with Crippen molar-refractivity contribution in [2.24, 2.45) is 0 Å². The van der Waals surface area contributed by atoms with Crippen LogP contribution < -0.4 is 10.1 Å². The number of hydrogen-bond donors (Lipinski definition) is 1. The zero-order valence-corrected chi connectivity index (χ0v) is 13.0. The molecule has 2 rings (SSSR count). The highest BCUT2D eigenvalue weighted by Crippen LogP contribution is 2.26. The highest BCUT2D eigenvalue weighted by molar-refractivity contribution is 9.10. The lowest BCUT2D eigenvalue weighted by molar-refractivity contribution is 0.267. The van der Waals surface area contributed by atoms with E-state index >= 15 is 0 Å². The van der Waals surface area contributed by atoms with E-state index in [1.165, 1.54) is 12.1 Å². The second kappa shape index (κ2) is 6.90. The van der Waals surface area contributed by atoms with E-state index in [1.54, 1.807) is 12.3 Å². The molecule has 108 valence electrons. The summed E-state index contributed by atoms with van der Waals surface area (Å²) >= 11 is 3.32. The van der Waals surface area contributed by atoms with Crippen molar-refractivity contribution in [1.82, 2.24) is 5.32 Å². The van der Waals surface area contributed by atoms with Gasteiger partial charge in [-0.05, 0) is 34.1 Å². The fourth-order valence-electron chi connectivity index (χ4n) is 1.65. The molecular weight excluding hydrogens is 325 g/mol. The third-order valence-corrected chi connectivity index (χ3v) is 3.34. The summed E-state index contributed by atoms with van der Waals surface area (Å²) in [5.41, 5.74) is 1.07. The molecule has 1 aromatic heterocycles. The summed E-state index contributed by atoms with van der Waals surface area (Å²) in [6.45, 7) is 5.20. The van der Waals surface area contributed by atoms with Crippen molar-refractivity contribution in [2.45, 2.75) is 33.0 Å². The molecule has 0 radical (unpaired) electrons. The van der Waals surface area contributed by atoms with Gasteiger partial charge in [0, 0.05) is 24.2 Å². The third-order valence-electron chi connectivity index (χ3n) is 2.69. The van der Waals surface area contributed by atoms with E-state index in [1.807, 2.05) is 6.07 Å². The van der Waals surface area contributed by atoms with Crippen molar-refractivity contribution >= 4 is 15.9 Å². The molecule has 5 heteroatoms. The molecule has 0 amide bonds. The summed E-state index contributed by atoms with van der Waals surface area (Å²) in [6, 6.07) is 6.69. The van der Waals surface area contributed by atoms with Crippen LogP contribution in [0.1, 0.15) is 25.2 Å². The molecule has 0 unspecified atom stereocenters. The molecule has 0 bridgehead atoms. The Bertz CT molecular complexity index is 569. The summed E-state index contributed by atoms with van der Waals surface area (Å²) < 4.78 is 24.8. The fraction of sp³-hybridized carbons (Fsp3) is 0.333. The molecule has 1 heterocycles. The first-order valence-corrected chi connectivity index (χ1v) is 7.21. The zero-order valence-electron chi connectivity index (χ0n) is 11.5. The molecule has 0 atom stereocenters. The molecule has 2 aromatic rings. The van der Waals surface area contributed by atoms with Gasteiger partial charge in [-0.25, -0.2) is 4.39 Å². The maximum Gasteiger partial charge on any atom is 0.146 e. The number of ether oxygens (including phenoxy) is 1. The topological polar surface area (TPSA) is 34.4 Å². The first-order chi connectivity index (χ1) is 9.54. The van der Waals surface area contributed by atoms with Crippen molar-refractivity contribution in [3.63, 3.8) is 0 Å². The van der Waals surface area contributed by atoms with E-state index in [2.05, 4.69) is 35.1 Å². The molecule has 3 nitrogen and oxygen atoms in total. The zero-order chi connectivity index (χ0) is 14.5. The van der Waals surface area contributed by atoms with Gasteiger partial charge >= 0.3 is 0 Å². The van der Waals surface area contributed by atoms with Crippen LogP contribution in [0.2, 0.25) is 0 Å². The Kier molecular flexibility index (Phi) is 5.20. The van der Waals surface area contributed by atoms with Crippen LogP contribution >= 0.6 is 15.9 Å². The molecule has 0 saturated carbocycles. The van der Waals surface area contributed by atoms with E-state index in [0.29, 0.717) is 22.0 Å². The van der Waals surface area contributed by atoms with Gasteiger partial charge in [-0.3, -0.25) is 0 Å². The van der Waals surface area contributed by atoms with Gasteiger partial charge in [-0.1, -0.05) is 13.8 Å². The van der Waals surface area contributed by atoms with Crippen molar-refractivity contribution in [1.29, 1.82) is 0 Å². The van der Waals surface area contributed by atoms with Crippen LogP contribution in [0.4, 0.5) is 4.39 Å². The van der Waals surface area contributed by atoms with Crippen LogP contribution in [0.5, 0.6) is 5.75 Å². The fourth-order valence-corrected chi connectivity index (χ4v) is 2.01. The Morgan fingerprint density at radius 2 is 2.15 bits per heavy atom. The van der Waals surface area contributed by atoms with E-state index < -0.39 is 0 Å². The van der Waals surface area contributed by atoms with E-state index in [9.17, 15) is 4.39 Å². The number of nitrogens with one attached hydrogen (secondary N) is 1. The average Bonchev–Trinajstić information content (AvgIpc) is 2.85. The van der Waals surface area contributed by atoms with Crippen LogP contribution in [0.3, 0.4) is 0 Å². The predicted octanol–water partition coefficient (Wildman–Crippen LogP) is 4.26. The smallest absolute Gasteiger partial charge is 0.146 e. The Morgan fingerprint density at radius 3 is 2.90 bits per heavy atom. The highest BCUT2D eigenvalue weighted by atomic mass is 79.9. The minimum Gasteiger partial charge on any atom is -0.484 e. The van der Waals surface area contributed by atoms with Gasteiger partial charge in [0.15, 0.2) is 0 Å². The van der Waals surface area contributed by atoms with Gasteiger partial charge in [0.2, 0.25) is 0 Å². The first kappa shape index (κ1) is 15.1. The largest absolute Gasteiger partial charge is 0.484 e. The lowest BCUT2D eigenvalue weighted by atomic mass is 10.3. The van der Waals surface area contributed by atoms with Gasteiger partial charge in [-0.2, -0.15) is 0 Å². The van der Waals surface area contributed by atoms with Crippen molar-refractivity contribution in [3.8, 4) is 5.75 Å². The van der Waals surface area contributed by atoms with E-state index in [0.717, 1.165) is 12.1 Å². The minimum atomic E-state index is -0.329. The number of furan rings is 1. The van der Waals surface area contributed by atoms with Crippen molar-refractivity contribution < 1.29 is 13.5 Å². The Labute approximate surface area is 126 Å². The molecule has 0 aliphatic rings. The van der Waals surface area contributed by atoms with Crippen LogP contribution in [-0.2, 0) is 13.2 Å². The van der Waals surface area contributed by atoms with E-state index in [4.69, 9.17) is 9.15 Å². The van der Waals surface area contributed by atoms with Crippen molar-refractivity contribution in [3.05, 3.63) is 52.1 Å². The highest BCUT2D eigenvalue weighted by Gasteiger charge is 2.06.